The molecule has 1 atom stereocenters. The van der Waals surface area contributed by atoms with Crippen molar-refractivity contribution in [2.75, 3.05) is 18.0 Å². The van der Waals surface area contributed by atoms with E-state index in [2.05, 4.69) is 15.3 Å². The van der Waals surface area contributed by atoms with Crippen LogP contribution in [-0.2, 0) is 4.79 Å². The van der Waals surface area contributed by atoms with Gasteiger partial charge in [-0.15, -0.1) is 0 Å². The molecule has 1 aromatic heterocycles. The minimum Gasteiger partial charge on any atom is -0.388 e. The van der Waals surface area contributed by atoms with Gasteiger partial charge in [0.25, 0.3) is 0 Å². The average molecular weight is 386 g/mol. The predicted octanol–water partition coefficient (Wildman–Crippen LogP) is 2.86. The topological polar surface area (TPSA) is 78.4 Å². The molecule has 0 spiro atoms. The van der Waals surface area contributed by atoms with Gasteiger partial charge in [-0.05, 0) is 50.8 Å². The van der Waals surface area contributed by atoms with Crippen molar-refractivity contribution in [3.05, 3.63) is 29.7 Å². The lowest BCUT2D eigenvalue weighted by molar-refractivity contribution is -0.123. The number of carbonyl (C=O) groups excluding carboxylic acids is 1. The van der Waals surface area contributed by atoms with Crippen LogP contribution in [0.15, 0.2) is 18.2 Å². The maximum absolute atomic E-state index is 13.5. The van der Waals surface area contributed by atoms with Gasteiger partial charge < -0.3 is 15.3 Å². The highest BCUT2D eigenvalue weighted by Crippen LogP contribution is 2.29. The zero-order chi connectivity index (χ0) is 19.7. The number of fused-ring (bicyclic) bond motifs is 1. The molecule has 28 heavy (non-hydrogen) atoms. The van der Waals surface area contributed by atoms with Gasteiger partial charge in [0.05, 0.1) is 16.8 Å². The first-order valence-corrected chi connectivity index (χ1v) is 10.2. The fourth-order valence-electron chi connectivity index (χ4n) is 4.40. The second kappa shape index (κ2) is 7.62. The first-order valence-electron chi connectivity index (χ1n) is 10.2. The molecule has 4 rings (SSSR count). The molecule has 2 N–H and O–H groups in total. The van der Waals surface area contributed by atoms with E-state index in [1.54, 1.807) is 6.07 Å². The Morgan fingerprint density at radius 2 is 2.07 bits per heavy atom. The van der Waals surface area contributed by atoms with E-state index in [0.29, 0.717) is 35.6 Å². The molecule has 1 saturated carbocycles. The van der Waals surface area contributed by atoms with Gasteiger partial charge in [-0.2, -0.15) is 0 Å². The Labute approximate surface area is 164 Å². The van der Waals surface area contributed by atoms with Crippen molar-refractivity contribution in [3.8, 4) is 0 Å². The predicted molar refractivity (Wildman–Crippen MR) is 106 cm³/mol. The van der Waals surface area contributed by atoms with Gasteiger partial charge in [-0.3, -0.25) is 4.79 Å². The highest BCUT2D eigenvalue weighted by atomic mass is 19.1. The van der Waals surface area contributed by atoms with E-state index in [1.165, 1.54) is 12.1 Å². The molecule has 2 fully saturated rings. The number of nitrogens with one attached hydrogen (secondary N) is 1. The summed E-state index contributed by atoms with van der Waals surface area (Å²) < 4.78 is 13.5. The highest BCUT2D eigenvalue weighted by molar-refractivity contribution is 5.86. The van der Waals surface area contributed by atoms with Crippen molar-refractivity contribution in [2.24, 2.45) is 0 Å². The summed E-state index contributed by atoms with van der Waals surface area (Å²) in [6, 6.07) is 4.13. The number of aryl methyl sites for hydroxylation is 1. The Kier molecular flexibility index (Phi) is 5.19. The first-order chi connectivity index (χ1) is 13.5. The Bertz CT molecular complexity index is 882. The maximum atomic E-state index is 13.5. The molecule has 1 aromatic carbocycles. The number of aromatic nitrogens is 2. The van der Waals surface area contributed by atoms with E-state index < -0.39 is 5.60 Å². The number of benzene rings is 1. The molecular formula is C21H27FN4O2. The lowest BCUT2D eigenvalue weighted by Crippen LogP contribution is -2.50. The Morgan fingerprint density at radius 3 is 2.86 bits per heavy atom. The molecule has 7 heteroatoms. The van der Waals surface area contributed by atoms with Crippen LogP contribution in [0.25, 0.3) is 10.9 Å². The van der Waals surface area contributed by atoms with Crippen LogP contribution in [0.1, 0.15) is 50.6 Å². The van der Waals surface area contributed by atoms with Gasteiger partial charge in [-0.1, -0.05) is 19.3 Å². The van der Waals surface area contributed by atoms with Crippen LogP contribution >= 0.6 is 0 Å². The van der Waals surface area contributed by atoms with Gasteiger partial charge in [0.1, 0.15) is 11.9 Å². The summed E-state index contributed by atoms with van der Waals surface area (Å²) in [6.07, 6.45) is 6.26. The zero-order valence-electron chi connectivity index (χ0n) is 16.2. The van der Waals surface area contributed by atoms with E-state index >= 15 is 0 Å². The summed E-state index contributed by atoms with van der Waals surface area (Å²) in [5, 5.41) is 14.3. The number of anilines is 1. The summed E-state index contributed by atoms with van der Waals surface area (Å²) in [7, 11) is 0. The monoisotopic (exact) mass is 386 g/mol. The van der Waals surface area contributed by atoms with Crippen molar-refractivity contribution < 1.29 is 14.3 Å². The minimum absolute atomic E-state index is 0.0862. The quantitative estimate of drug-likeness (QED) is 0.845. The van der Waals surface area contributed by atoms with Crippen LogP contribution in [0, 0.1) is 12.7 Å². The summed E-state index contributed by atoms with van der Waals surface area (Å²) >= 11 is 0. The van der Waals surface area contributed by atoms with Gasteiger partial charge in [0.15, 0.2) is 0 Å². The van der Waals surface area contributed by atoms with Crippen LogP contribution < -0.4 is 10.2 Å². The molecule has 0 unspecified atom stereocenters. The summed E-state index contributed by atoms with van der Waals surface area (Å²) in [5.74, 6) is 0.105. The summed E-state index contributed by atoms with van der Waals surface area (Å²) in [6.45, 7) is 2.83. The standard InChI is InChI=1S/C21H27FN4O2/c1-14-16-12-15(22)7-8-17(16)25-20(24-14)26-11-5-6-18(26)19(27)23-13-21(28)9-3-2-4-10-21/h7-8,12,18,28H,2-6,9-11,13H2,1H3,(H,23,27)/t18-/m0/s1. The first kappa shape index (κ1) is 19.1. The molecule has 0 radical (unpaired) electrons. The molecular weight excluding hydrogens is 359 g/mol. The number of amides is 1. The van der Waals surface area contributed by atoms with E-state index in [4.69, 9.17) is 0 Å². The van der Waals surface area contributed by atoms with Crippen molar-refractivity contribution in [1.82, 2.24) is 15.3 Å². The maximum Gasteiger partial charge on any atom is 0.242 e. The third kappa shape index (κ3) is 3.81. The molecule has 2 heterocycles. The lowest BCUT2D eigenvalue weighted by Gasteiger charge is -2.33. The van der Waals surface area contributed by atoms with Crippen LogP contribution in [0.5, 0.6) is 0 Å². The van der Waals surface area contributed by atoms with Crippen LogP contribution in [0.2, 0.25) is 0 Å². The molecule has 2 aromatic rings. The summed E-state index contributed by atoms with van der Waals surface area (Å²) in [4.78, 5) is 23.9. The Balaban J connectivity index is 1.51. The average Bonchev–Trinajstić information content (AvgIpc) is 3.17. The van der Waals surface area contributed by atoms with E-state index in [9.17, 15) is 14.3 Å². The number of carbonyl (C=O) groups is 1. The SMILES string of the molecule is Cc1nc(N2CCC[C@H]2C(=O)NCC2(O)CCCCC2)nc2ccc(F)cc12. The lowest BCUT2D eigenvalue weighted by atomic mass is 9.85. The normalized spacial score (nSPS) is 21.8. The van der Waals surface area contributed by atoms with Crippen molar-refractivity contribution in [1.29, 1.82) is 0 Å². The van der Waals surface area contributed by atoms with E-state index in [0.717, 1.165) is 44.9 Å². The molecule has 2 aliphatic rings. The fourth-order valence-corrected chi connectivity index (χ4v) is 4.40. The number of halogens is 1. The van der Waals surface area contributed by atoms with Crippen LogP contribution in [-0.4, -0.2) is 45.7 Å². The largest absolute Gasteiger partial charge is 0.388 e. The Hall–Kier alpha value is -2.28. The number of aliphatic hydroxyl groups is 1. The fraction of sp³-hybridized carbons (Fsp3) is 0.571. The van der Waals surface area contributed by atoms with Gasteiger partial charge in [0, 0.05) is 18.5 Å². The van der Waals surface area contributed by atoms with Crippen LogP contribution in [0.3, 0.4) is 0 Å². The Morgan fingerprint density at radius 1 is 1.29 bits per heavy atom. The second-order valence-electron chi connectivity index (χ2n) is 8.12. The number of rotatable bonds is 4. The number of nitrogens with zero attached hydrogens (tertiary/aromatic N) is 3. The molecule has 1 aliphatic heterocycles. The van der Waals surface area contributed by atoms with Gasteiger partial charge >= 0.3 is 0 Å². The number of hydrogen-bond acceptors (Lipinski definition) is 5. The third-order valence-electron chi connectivity index (χ3n) is 6.02. The molecule has 1 aliphatic carbocycles. The minimum atomic E-state index is -0.780. The van der Waals surface area contributed by atoms with Crippen molar-refractivity contribution >= 4 is 22.8 Å². The van der Waals surface area contributed by atoms with E-state index in [-0.39, 0.29) is 17.8 Å². The van der Waals surface area contributed by atoms with E-state index in [1.807, 2.05) is 11.8 Å². The molecule has 6 nitrogen and oxygen atoms in total. The van der Waals surface area contributed by atoms with Crippen molar-refractivity contribution in [3.63, 3.8) is 0 Å². The van der Waals surface area contributed by atoms with Crippen LogP contribution in [0.4, 0.5) is 10.3 Å². The second-order valence-corrected chi connectivity index (χ2v) is 8.12. The third-order valence-corrected chi connectivity index (χ3v) is 6.02. The summed E-state index contributed by atoms with van der Waals surface area (Å²) in [5.41, 5.74) is 0.589. The zero-order valence-corrected chi connectivity index (χ0v) is 16.2. The smallest absolute Gasteiger partial charge is 0.242 e. The van der Waals surface area contributed by atoms with Gasteiger partial charge in [-0.25, -0.2) is 14.4 Å². The molecule has 0 bridgehead atoms. The van der Waals surface area contributed by atoms with Gasteiger partial charge in [0.2, 0.25) is 11.9 Å². The highest BCUT2D eigenvalue weighted by Gasteiger charge is 2.35. The van der Waals surface area contributed by atoms with Crippen molar-refractivity contribution in [2.45, 2.75) is 63.5 Å². The molecule has 1 saturated heterocycles. The molecule has 1 amide bonds. The number of hydrogen-bond donors (Lipinski definition) is 2. The molecule has 150 valence electrons.